The van der Waals surface area contributed by atoms with Crippen molar-refractivity contribution in [1.82, 2.24) is 0 Å². The Morgan fingerprint density at radius 1 is 0.269 bits per heavy atom. The molecule has 0 saturated carbocycles. The molecule has 0 saturated heterocycles. The van der Waals surface area contributed by atoms with Crippen LogP contribution in [0, 0.1) is 0 Å². The molecule has 0 aliphatic rings. The van der Waals surface area contributed by atoms with Gasteiger partial charge in [-0.2, -0.15) is 0 Å². The van der Waals surface area contributed by atoms with E-state index in [1.54, 1.807) is 0 Å². The van der Waals surface area contributed by atoms with Gasteiger partial charge in [-0.3, -0.25) is 0 Å². The van der Waals surface area contributed by atoms with Crippen LogP contribution in [0.2, 0.25) is 0 Å². The Morgan fingerprint density at radius 3 is 0.865 bits per heavy atom. The molecular formula is C50H38N2. The van der Waals surface area contributed by atoms with Gasteiger partial charge in [0.1, 0.15) is 0 Å². The van der Waals surface area contributed by atoms with Crippen LogP contribution in [-0.4, -0.2) is 0 Å². The Balaban J connectivity index is 1.08. The summed E-state index contributed by atoms with van der Waals surface area (Å²) in [5, 5.41) is 0. The van der Waals surface area contributed by atoms with Gasteiger partial charge in [0, 0.05) is 34.1 Å². The lowest BCUT2D eigenvalue weighted by atomic mass is 9.95. The quantitative estimate of drug-likeness (QED) is 0.134. The highest BCUT2D eigenvalue weighted by Gasteiger charge is 2.15. The third-order valence-electron chi connectivity index (χ3n) is 9.26. The van der Waals surface area contributed by atoms with Gasteiger partial charge < -0.3 is 9.80 Å². The minimum absolute atomic E-state index is 1.10. The Labute approximate surface area is 306 Å². The third-order valence-corrected chi connectivity index (χ3v) is 9.26. The van der Waals surface area contributed by atoms with Gasteiger partial charge in [0.05, 0.1) is 0 Å². The molecule has 0 aliphatic heterocycles. The standard InChI is InChI=1S/C50H38N2/c1-6-16-42(17-7-1)50(43-18-8-2-9-19-43)38-39-26-32-47(33-27-39)52(46-24-14-5-15-25-46)49-36-30-41(31-37-49)40-28-34-48(35-29-40)51(44-20-10-3-11-21-44)45-22-12-4-13-23-45/h1-38H. The molecular weight excluding hydrogens is 629 g/mol. The number of rotatable bonds is 10. The summed E-state index contributed by atoms with van der Waals surface area (Å²) in [4.78, 5) is 4.60. The van der Waals surface area contributed by atoms with Crippen molar-refractivity contribution < 1.29 is 0 Å². The van der Waals surface area contributed by atoms with Gasteiger partial charge >= 0.3 is 0 Å². The summed E-state index contributed by atoms with van der Waals surface area (Å²) in [6.07, 6.45) is 2.28. The number of hydrogen-bond acceptors (Lipinski definition) is 2. The Bertz CT molecular complexity index is 2250. The highest BCUT2D eigenvalue weighted by molar-refractivity contribution is 5.92. The van der Waals surface area contributed by atoms with Crippen molar-refractivity contribution in [3.8, 4) is 11.1 Å². The van der Waals surface area contributed by atoms with Crippen LogP contribution in [0.5, 0.6) is 0 Å². The zero-order chi connectivity index (χ0) is 35.0. The Morgan fingerprint density at radius 2 is 0.538 bits per heavy atom. The van der Waals surface area contributed by atoms with Gasteiger partial charge in [-0.15, -0.1) is 0 Å². The number of benzene rings is 8. The average Bonchev–Trinajstić information content (AvgIpc) is 3.23. The molecule has 0 atom stereocenters. The van der Waals surface area contributed by atoms with Gasteiger partial charge in [0.2, 0.25) is 0 Å². The van der Waals surface area contributed by atoms with Crippen LogP contribution in [0.15, 0.2) is 224 Å². The van der Waals surface area contributed by atoms with Crippen molar-refractivity contribution in [3.05, 3.63) is 241 Å². The molecule has 0 amide bonds. The maximum atomic E-state index is 2.31. The first-order valence-electron chi connectivity index (χ1n) is 17.7. The van der Waals surface area contributed by atoms with E-state index < -0.39 is 0 Å². The molecule has 8 rings (SSSR count). The van der Waals surface area contributed by atoms with E-state index in [9.17, 15) is 0 Å². The van der Waals surface area contributed by atoms with Gasteiger partial charge in [0.25, 0.3) is 0 Å². The van der Waals surface area contributed by atoms with E-state index in [-0.39, 0.29) is 0 Å². The molecule has 0 radical (unpaired) electrons. The van der Waals surface area contributed by atoms with Gasteiger partial charge in [0.15, 0.2) is 0 Å². The van der Waals surface area contributed by atoms with Crippen LogP contribution in [0.1, 0.15) is 16.7 Å². The number of anilines is 6. The number of nitrogens with zero attached hydrogens (tertiary/aromatic N) is 2. The van der Waals surface area contributed by atoms with E-state index in [0.717, 1.165) is 39.7 Å². The second-order valence-corrected chi connectivity index (χ2v) is 12.7. The summed E-state index contributed by atoms with van der Waals surface area (Å²) < 4.78 is 0. The van der Waals surface area contributed by atoms with Crippen molar-refractivity contribution in [2.45, 2.75) is 0 Å². The molecule has 2 heteroatoms. The Kier molecular flexibility index (Phi) is 9.53. The second kappa shape index (κ2) is 15.3. The summed E-state index contributed by atoms with van der Waals surface area (Å²) in [5.41, 5.74) is 13.8. The molecule has 0 aromatic heterocycles. The first-order chi connectivity index (χ1) is 25.8. The Hall–Kier alpha value is -6.90. The molecule has 0 aliphatic carbocycles. The molecule has 0 spiro atoms. The summed E-state index contributed by atoms with van der Waals surface area (Å²) in [6, 6.07) is 79.4. The van der Waals surface area contributed by atoms with Crippen molar-refractivity contribution in [2.75, 3.05) is 9.80 Å². The zero-order valence-corrected chi connectivity index (χ0v) is 28.8. The predicted molar refractivity (Wildman–Crippen MR) is 221 cm³/mol. The van der Waals surface area contributed by atoms with Crippen molar-refractivity contribution >= 4 is 45.8 Å². The van der Waals surface area contributed by atoms with Crippen LogP contribution >= 0.6 is 0 Å². The molecule has 0 unspecified atom stereocenters. The van der Waals surface area contributed by atoms with Crippen molar-refractivity contribution in [2.24, 2.45) is 0 Å². The first-order valence-corrected chi connectivity index (χ1v) is 17.7. The largest absolute Gasteiger partial charge is 0.311 e. The zero-order valence-electron chi connectivity index (χ0n) is 28.8. The molecule has 0 N–H and O–H groups in total. The van der Waals surface area contributed by atoms with Crippen molar-refractivity contribution in [3.63, 3.8) is 0 Å². The van der Waals surface area contributed by atoms with E-state index >= 15 is 0 Å². The molecule has 248 valence electrons. The molecule has 52 heavy (non-hydrogen) atoms. The van der Waals surface area contributed by atoms with Crippen molar-refractivity contribution in [1.29, 1.82) is 0 Å². The minimum atomic E-state index is 1.10. The second-order valence-electron chi connectivity index (χ2n) is 12.7. The topological polar surface area (TPSA) is 6.48 Å². The SMILES string of the molecule is C(=C(c1ccccc1)c1ccccc1)c1ccc(N(c2ccccc2)c2ccc(-c3ccc(N(c4ccccc4)c4ccccc4)cc3)cc2)cc1. The monoisotopic (exact) mass is 666 g/mol. The van der Waals surface area contributed by atoms with Gasteiger partial charge in [-0.05, 0) is 112 Å². The summed E-state index contributed by atoms with van der Waals surface area (Å²) in [6.45, 7) is 0. The van der Waals surface area contributed by atoms with Crippen LogP contribution in [0.25, 0.3) is 22.8 Å². The van der Waals surface area contributed by atoms with Crippen LogP contribution in [0.3, 0.4) is 0 Å². The normalized spacial score (nSPS) is 10.7. The lowest BCUT2D eigenvalue weighted by Crippen LogP contribution is -2.09. The average molecular weight is 667 g/mol. The molecule has 0 heterocycles. The molecule has 0 bridgehead atoms. The van der Waals surface area contributed by atoms with Crippen LogP contribution in [0.4, 0.5) is 34.1 Å². The highest BCUT2D eigenvalue weighted by atomic mass is 15.1. The predicted octanol–water partition coefficient (Wildman–Crippen LogP) is 13.9. The van der Waals surface area contributed by atoms with E-state index in [1.807, 2.05) is 0 Å². The molecule has 8 aromatic rings. The summed E-state index contributed by atoms with van der Waals surface area (Å²) in [7, 11) is 0. The fourth-order valence-corrected chi connectivity index (χ4v) is 6.69. The van der Waals surface area contributed by atoms with E-state index in [0.29, 0.717) is 0 Å². The van der Waals surface area contributed by atoms with E-state index in [4.69, 9.17) is 0 Å². The molecule has 8 aromatic carbocycles. The maximum absolute atomic E-state index is 2.31. The fraction of sp³-hybridized carbons (Fsp3) is 0. The summed E-state index contributed by atoms with van der Waals surface area (Å²) in [5.74, 6) is 0. The minimum Gasteiger partial charge on any atom is -0.311 e. The number of hydrogen-bond donors (Lipinski definition) is 0. The maximum Gasteiger partial charge on any atom is 0.0462 e. The van der Waals surface area contributed by atoms with Crippen LogP contribution < -0.4 is 9.80 Å². The van der Waals surface area contributed by atoms with E-state index in [1.165, 1.54) is 27.8 Å². The first kappa shape index (κ1) is 32.3. The van der Waals surface area contributed by atoms with E-state index in [2.05, 4.69) is 240 Å². The number of para-hydroxylation sites is 3. The highest BCUT2D eigenvalue weighted by Crippen LogP contribution is 2.38. The third kappa shape index (κ3) is 7.19. The fourth-order valence-electron chi connectivity index (χ4n) is 6.69. The lowest BCUT2D eigenvalue weighted by molar-refractivity contribution is 1.28. The van der Waals surface area contributed by atoms with Gasteiger partial charge in [-0.25, -0.2) is 0 Å². The molecule has 0 fully saturated rings. The smallest absolute Gasteiger partial charge is 0.0462 e. The lowest BCUT2D eigenvalue weighted by Gasteiger charge is -2.26. The molecule has 2 nitrogen and oxygen atoms in total. The van der Waals surface area contributed by atoms with Crippen LogP contribution in [-0.2, 0) is 0 Å². The van der Waals surface area contributed by atoms with Gasteiger partial charge in [-0.1, -0.05) is 152 Å². The summed E-state index contributed by atoms with van der Waals surface area (Å²) >= 11 is 0.